The molecule has 1 aliphatic heterocycles. The van der Waals surface area contributed by atoms with Crippen LogP contribution in [-0.4, -0.2) is 26.6 Å². The molecule has 2 rings (SSSR count). The van der Waals surface area contributed by atoms with Crippen molar-refractivity contribution in [3.8, 4) is 0 Å². The topological polar surface area (TPSA) is 34.9 Å². The molecule has 3 nitrogen and oxygen atoms in total. The predicted octanol–water partition coefficient (Wildman–Crippen LogP) is 3.13. The van der Waals surface area contributed by atoms with Gasteiger partial charge in [0.1, 0.15) is 0 Å². The zero-order chi connectivity index (χ0) is 13.1. The van der Waals surface area contributed by atoms with Crippen molar-refractivity contribution in [1.82, 2.24) is 9.78 Å². The van der Waals surface area contributed by atoms with Gasteiger partial charge in [0.05, 0.1) is 28.1 Å². The number of aromatic nitrogens is 2. The van der Waals surface area contributed by atoms with Crippen LogP contribution >= 0.6 is 23.4 Å². The van der Waals surface area contributed by atoms with Gasteiger partial charge in [-0.25, -0.2) is 0 Å². The molecule has 100 valence electrons. The number of rotatable bonds is 5. The first-order chi connectivity index (χ1) is 8.67. The fourth-order valence-corrected chi connectivity index (χ4v) is 3.85. The average Bonchev–Trinajstić information content (AvgIpc) is 2.99. The van der Waals surface area contributed by atoms with Crippen LogP contribution in [-0.2, 0) is 24.2 Å². The molecule has 0 N–H and O–H groups in total. The van der Waals surface area contributed by atoms with Crippen molar-refractivity contribution >= 4 is 29.1 Å². The van der Waals surface area contributed by atoms with E-state index in [1.54, 1.807) is 11.8 Å². The van der Waals surface area contributed by atoms with Gasteiger partial charge in [0.2, 0.25) is 0 Å². The summed E-state index contributed by atoms with van der Waals surface area (Å²) in [4.78, 5) is 12.2. The van der Waals surface area contributed by atoms with Crippen LogP contribution in [0.5, 0.6) is 0 Å². The molecule has 5 heteroatoms. The first-order valence-corrected chi connectivity index (χ1v) is 7.98. The quantitative estimate of drug-likeness (QED) is 0.834. The SMILES string of the molecule is CCc1nn(CC)c(CC(=O)C2CCCS2)c1Cl. The first-order valence-electron chi connectivity index (χ1n) is 6.55. The van der Waals surface area contributed by atoms with Crippen LogP contribution in [0, 0.1) is 0 Å². The highest BCUT2D eigenvalue weighted by atomic mass is 35.5. The molecule has 0 aromatic carbocycles. The lowest BCUT2D eigenvalue weighted by atomic mass is 10.1. The maximum absolute atomic E-state index is 12.2. The third-order valence-corrected chi connectivity index (χ3v) is 5.19. The van der Waals surface area contributed by atoms with E-state index in [1.807, 2.05) is 18.5 Å². The molecule has 0 saturated carbocycles. The molecule has 1 fully saturated rings. The zero-order valence-corrected chi connectivity index (χ0v) is 12.5. The van der Waals surface area contributed by atoms with Gasteiger partial charge in [-0.15, -0.1) is 0 Å². The van der Waals surface area contributed by atoms with Gasteiger partial charge in [-0.3, -0.25) is 9.48 Å². The molecule has 0 aliphatic carbocycles. The molecule has 0 spiro atoms. The summed E-state index contributed by atoms with van der Waals surface area (Å²) in [5.74, 6) is 1.41. The Morgan fingerprint density at radius 1 is 1.56 bits per heavy atom. The van der Waals surface area contributed by atoms with E-state index in [-0.39, 0.29) is 5.25 Å². The minimum atomic E-state index is 0.173. The van der Waals surface area contributed by atoms with Crippen LogP contribution in [0.2, 0.25) is 5.02 Å². The van der Waals surface area contributed by atoms with Crippen LogP contribution in [0.25, 0.3) is 0 Å². The van der Waals surface area contributed by atoms with Gasteiger partial charge >= 0.3 is 0 Å². The van der Waals surface area contributed by atoms with Crippen LogP contribution in [0.3, 0.4) is 0 Å². The second kappa shape index (κ2) is 6.11. The van der Waals surface area contributed by atoms with Crippen LogP contribution < -0.4 is 0 Å². The molecule has 2 heterocycles. The van der Waals surface area contributed by atoms with E-state index < -0.39 is 0 Å². The van der Waals surface area contributed by atoms with E-state index in [0.29, 0.717) is 17.2 Å². The summed E-state index contributed by atoms with van der Waals surface area (Å²) in [5.41, 5.74) is 1.80. The Kier molecular flexibility index (Phi) is 4.73. The number of thioether (sulfide) groups is 1. The fourth-order valence-electron chi connectivity index (χ4n) is 2.30. The van der Waals surface area contributed by atoms with Gasteiger partial charge < -0.3 is 0 Å². The molecule has 1 atom stereocenters. The van der Waals surface area contributed by atoms with E-state index >= 15 is 0 Å². The maximum Gasteiger partial charge on any atom is 0.151 e. The van der Waals surface area contributed by atoms with Crippen molar-refractivity contribution in [2.24, 2.45) is 0 Å². The minimum absolute atomic E-state index is 0.173. The number of ketones is 1. The lowest BCUT2D eigenvalue weighted by Crippen LogP contribution is -2.18. The largest absolute Gasteiger partial charge is 0.298 e. The van der Waals surface area contributed by atoms with Crippen molar-refractivity contribution in [2.75, 3.05) is 5.75 Å². The van der Waals surface area contributed by atoms with Gasteiger partial charge in [0, 0.05) is 6.54 Å². The number of hydrogen-bond acceptors (Lipinski definition) is 3. The predicted molar refractivity (Wildman–Crippen MR) is 76.5 cm³/mol. The van der Waals surface area contributed by atoms with E-state index in [4.69, 9.17) is 11.6 Å². The maximum atomic E-state index is 12.2. The lowest BCUT2D eigenvalue weighted by Gasteiger charge is -2.09. The number of hydrogen-bond donors (Lipinski definition) is 0. The normalized spacial score (nSPS) is 19.4. The second-order valence-electron chi connectivity index (χ2n) is 4.52. The summed E-state index contributed by atoms with van der Waals surface area (Å²) in [6.45, 7) is 4.83. The highest BCUT2D eigenvalue weighted by molar-refractivity contribution is 8.00. The molecule has 1 aromatic heterocycles. The van der Waals surface area contributed by atoms with Crippen molar-refractivity contribution in [3.05, 3.63) is 16.4 Å². The second-order valence-corrected chi connectivity index (χ2v) is 6.21. The summed E-state index contributed by atoms with van der Waals surface area (Å²) in [6, 6.07) is 0. The van der Waals surface area contributed by atoms with Crippen LogP contribution in [0.15, 0.2) is 0 Å². The van der Waals surface area contributed by atoms with Crippen LogP contribution in [0.4, 0.5) is 0 Å². The Bertz CT molecular complexity index is 438. The van der Waals surface area contributed by atoms with E-state index in [1.165, 1.54) is 0 Å². The lowest BCUT2D eigenvalue weighted by molar-refractivity contribution is -0.118. The molecule has 1 unspecified atom stereocenters. The molecular weight excluding hydrogens is 268 g/mol. The molecule has 0 bridgehead atoms. The standard InChI is InChI=1S/C13H19ClN2OS/c1-3-9-13(14)10(16(4-2)15-9)8-11(17)12-6-5-7-18-12/h12H,3-8H2,1-2H3. The summed E-state index contributed by atoms with van der Waals surface area (Å²) in [6.07, 6.45) is 3.41. The Balaban J connectivity index is 2.16. The minimum Gasteiger partial charge on any atom is -0.298 e. The zero-order valence-electron chi connectivity index (χ0n) is 10.9. The monoisotopic (exact) mass is 286 g/mol. The number of carbonyl (C=O) groups excluding carboxylic acids is 1. The van der Waals surface area contributed by atoms with Gasteiger partial charge in [-0.2, -0.15) is 16.9 Å². The molecule has 1 aromatic rings. The van der Waals surface area contributed by atoms with Crippen molar-refractivity contribution in [2.45, 2.75) is 51.3 Å². The Morgan fingerprint density at radius 2 is 2.33 bits per heavy atom. The third kappa shape index (κ3) is 2.75. The van der Waals surface area contributed by atoms with Crippen molar-refractivity contribution < 1.29 is 4.79 Å². The summed E-state index contributed by atoms with van der Waals surface area (Å²) >= 11 is 8.10. The molecule has 0 radical (unpaired) electrons. The summed E-state index contributed by atoms with van der Waals surface area (Å²) in [7, 11) is 0. The fraction of sp³-hybridized carbons (Fsp3) is 0.692. The molecule has 1 saturated heterocycles. The smallest absolute Gasteiger partial charge is 0.151 e. The molecular formula is C13H19ClN2OS. The summed E-state index contributed by atoms with van der Waals surface area (Å²) < 4.78 is 1.87. The van der Waals surface area contributed by atoms with E-state index in [9.17, 15) is 4.79 Å². The third-order valence-electron chi connectivity index (χ3n) is 3.32. The van der Waals surface area contributed by atoms with Crippen molar-refractivity contribution in [1.29, 1.82) is 0 Å². The van der Waals surface area contributed by atoms with Crippen LogP contribution in [0.1, 0.15) is 38.1 Å². The Labute approximate surface area is 117 Å². The highest BCUT2D eigenvalue weighted by Crippen LogP contribution is 2.29. The van der Waals surface area contributed by atoms with Gasteiger partial charge in [0.15, 0.2) is 5.78 Å². The molecule has 18 heavy (non-hydrogen) atoms. The Morgan fingerprint density at radius 3 is 2.89 bits per heavy atom. The Hall–Kier alpha value is -0.480. The molecule has 1 aliphatic rings. The number of aryl methyl sites for hydroxylation is 2. The van der Waals surface area contributed by atoms with E-state index in [2.05, 4.69) is 5.10 Å². The number of halogens is 1. The number of carbonyl (C=O) groups is 1. The van der Waals surface area contributed by atoms with Gasteiger partial charge in [-0.1, -0.05) is 18.5 Å². The average molecular weight is 287 g/mol. The van der Waals surface area contributed by atoms with Gasteiger partial charge in [-0.05, 0) is 31.9 Å². The number of nitrogens with zero attached hydrogens (tertiary/aromatic N) is 2. The highest BCUT2D eigenvalue weighted by Gasteiger charge is 2.26. The molecule has 0 amide bonds. The first kappa shape index (κ1) is 13.9. The van der Waals surface area contributed by atoms with Gasteiger partial charge in [0.25, 0.3) is 0 Å². The summed E-state index contributed by atoms with van der Waals surface area (Å²) in [5, 5.41) is 5.32. The van der Waals surface area contributed by atoms with Crippen molar-refractivity contribution in [3.63, 3.8) is 0 Å². The number of Topliss-reactive ketones (excluding diaryl/α,β-unsaturated/α-hetero) is 1. The van der Waals surface area contributed by atoms with E-state index in [0.717, 1.165) is 42.9 Å².